The fourth-order valence-corrected chi connectivity index (χ4v) is 3.16. The number of benzene rings is 2. The number of rotatable bonds is 6. The SMILES string of the molecule is COCCOCc1cc(C(=O)N2CCCc3c(N)cccc32)ccc1F. The predicted octanol–water partition coefficient (Wildman–Crippen LogP) is 3.16. The molecule has 0 spiro atoms. The third kappa shape index (κ3) is 3.86. The van der Waals surface area contributed by atoms with E-state index in [0.717, 1.165) is 24.1 Å². The highest BCUT2D eigenvalue weighted by atomic mass is 19.1. The molecule has 3 rings (SSSR count). The first-order valence-corrected chi connectivity index (χ1v) is 8.66. The number of fused-ring (bicyclic) bond motifs is 1. The van der Waals surface area contributed by atoms with E-state index < -0.39 is 0 Å². The zero-order valence-electron chi connectivity index (χ0n) is 14.8. The lowest BCUT2D eigenvalue weighted by Crippen LogP contribution is -2.35. The number of hydrogen-bond donors (Lipinski definition) is 1. The van der Waals surface area contributed by atoms with Gasteiger partial charge >= 0.3 is 0 Å². The van der Waals surface area contributed by atoms with Crippen molar-refractivity contribution in [2.45, 2.75) is 19.4 Å². The van der Waals surface area contributed by atoms with Crippen molar-refractivity contribution in [2.24, 2.45) is 0 Å². The van der Waals surface area contributed by atoms with Gasteiger partial charge in [-0.15, -0.1) is 0 Å². The highest BCUT2D eigenvalue weighted by Crippen LogP contribution is 2.32. The summed E-state index contributed by atoms with van der Waals surface area (Å²) in [4.78, 5) is 14.7. The standard InChI is InChI=1S/C20H23FN2O3/c1-25-10-11-26-13-15-12-14(7-8-17(15)21)20(24)23-9-3-4-16-18(22)5-2-6-19(16)23/h2,5-8,12H,3-4,9-11,13,22H2,1H3. The van der Waals surface area contributed by atoms with Crippen molar-refractivity contribution in [3.8, 4) is 0 Å². The van der Waals surface area contributed by atoms with Crippen molar-refractivity contribution < 1.29 is 18.7 Å². The molecule has 0 atom stereocenters. The highest BCUT2D eigenvalue weighted by molar-refractivity contribution is 6.07. The van der Waals surface area contributed by atoms with Crippen LogP contribution >= 0.6 is 0 Å². The van der Waals surface area contributed by atoms with Gasteiger partial charge in [-0.3, -0.25) is 4.79 Å². The van der Waals surface area contributed by atoms with Crippen LogP contribution in [0, 0.1) is 5.82 Å². The molecular weight excluding hydrogens is 335 g/mol. The number of anilines is 2. The third-order valence-corrected chi connectivity index (χ3v) is 4.51. The van der Waals surface area contributed by atoms with Crippen LogP contribution in [0.4, 0.5) is 15.8 Å². The molecule has 0 saturated carbocycles. The summed E-state index contributed by atoms with van der Waals surface area (Å²) >= 11 is 0. The van der Waals surface area contributed by atoms with Crippen LogP contribution in [0.15, 0.2) is 36.4 Å². The molecule has 2 aromatic rings. The molecule has 1 amide bonds. The van der Waals surface area contributed by atoms with Gasteiger partial charge < -0.3 is 20.1 Å². The van der Waals surface area contributed by atoms with Gasteiger partial charge in [0.25, 0.3) is 5.91 Å². The van der Waals surface area contributed by atoms with Crippen LogP contribution < -0.4 is 10.6 Å². The second-order valence-electron chi connectivity index (χ2n) is 6.26. The maximum atomic E-state index is 14.0. The molecule has 0 unspecified atom stereocenters. The second kappa shape index (κ2) is 8.29. The molecule has 6 heteroatoms. The molecule has 0 bridgehead atoms. The molecule has 0 saturated heterocycles. The van der Waals surface area contributed by atoms with E-state index in [9.17, 15) is 9.18 Å². The van der Waals surface area contributed by atoms with Crippen LogP contribution in [0.25, 0.3) is 0 Å². The summed E-state index contributed by atoms with van der Waals surface area (Å²) in [6.07, 6.45) is 1.70. The summed E-state index contributed by atoms with van der Waals surface area (Å²) in [5.41, 5.74) is 9.38. The Morgan fingerprint density at radius 1 is 1.27 bits per heavy atom. The zero-order chi connectivity index (χ0) is 18.5. The minimum atomic E-state index is -0.387. The topological polar surface area (TPSA) is 64.8 Å². The van der Waals surface area contributed by atoms with Crippen molar-refractivity contribution in [2.75, 3.05) is 37.5 Å². The van der Waals surface area contributed by atoms with Gasteiger partial charge in [0.15, 0.2) is 0 Å². The maximum Gasteiger partial charge on any atom is 0.258 e. The average Bonchev–Trinajstić information content (AvgIpc) is 2.66. The molecule has 0 fully saturated rings. The summed E-state index contributed by atoms with van der Waals surface area (Å²) in [5.74, 6) is -0.544. The van der Waals surface area contributed by atoms with Crippen molar-refractivity contribution in [1.29, 1.82) is 0 Å². The lowest BCUT2D eigenvalue weighted by molar-refractivity contribution is 0.0604. The number of methoxy groups -OCH3 is 1. The number of nitrogen functional groups attached to an aromatic ring is 1. The fourth-order valence-electron chi connectivity index (χ4n) is 3.16. The predicted molar refractivity (Wildman–Crippen MR) is 98.8 cm³/mol. The number of nitrogens with two attached hydrogens (primary N) is 1. The molecule has 1 heterocycles. The molecule has 0 radical (unpaired) electrons. The molecule has 2 N–H and O–H groups in total. The molecule has 26 heavy (non-hydrogen) atoms. The van der Waals surface area contributed by atoms with Crippen LogP contribution in [0.3, 0.4) is 0 Å². The monoisotopic (exact) mass is 358 g/mol. The Bertz CT molecular complexity index is 795. The quantitative estimate of drug-likeness (QED) is 0.636. The molecule has 0 aliphatic carbocycles. The van der Waals surface area contributed by atoms with Crippen LogP contribution in [-0.4, -0.2) is 32.8 Å². The van der Waals surface area contributed by atoms with E-state index in [-0.39, 0.29) is 18.3 Å². The van der Waals surface area contributed by atoms with E-state index in [1.165, 1.54) is 12.1 Å². The van der Waals surface area contributed by atoms with Gasteiger partial charge in [0.05, 0.1) is 19.8 Å². The van der Waals surface area contributed by atoms with Gasteiger partial charge in [-0.05, 0) is 48.7 Å². The molecule has 1 aliphatic heterocycles. The second-order valence-corrected chi connectivity index (χ2v) is 6.26. The lowest BCUT2D eigenvalue weighted by atomic mass is 9.98. The van der Waals surface area contributed by atoms with E-state index in [1.54, 1.807) is 18.1 Å². The largest absolute Gasteiger partial charge is 0.398 e. The fraction of sp³-hybridized carbons (Fsp3) is 0.350. The van der Waals surface area contributed by atoms with E-state index in [4.69, 9.17) is 15.2 Å². The van der Waals surface area contributed by atoms with Crippen LogP contribution in [0.5, 0.6) is 0 Å². The van der Waals surface area contributed by atoms with Crippen LogP contribution in [-0.2, 0) is 22.5 Å². The van der Waals surface area contributed by atoms with Crippen LogP contribution in [0.1, 0.15) is 27.9 Å². The highest BCUT2D eigenvalue weighted by Gasteiger charge is 2.25. The van der Waals surface area contributed by atoms with Crippen LogP contribution in [0.2, 0.25) is 0 Å². The molecule has 1 aliphatic rings. The van der Waals surface area contributed by atoms with E-state index in [2.05, 4.69) is 0 Å². The van der Waals surface area contributed by atoms with E-state index in [0.29, 0.717) is 36.6 Å². The Morgan fingerprint density at radius 3 is 2.92 bits per heavy atom. The molecule has 5 nitrogen and oxygen atoms in total. The summed E-state index contributed by atoms with van der Waals surface area (Å²) in [7, 11) is 1.58. The molecule has 138 valence electrons. The van der Waals surface area contributed by atoms with Gasteiger partial charge in [0, 0.05) is 36.2 Å². The summed E-state index contributed by atoms with van der Waals surface area (Å²) < 4.78 is 24.3. The normalized spacial score (nSPS) is 13.5. The number of hydrogen-bond acceptors (Lipinski definition) is 4. The number of carbonyl (C=O) groups is 1. The summed E-state index contributed by atoms with van der Waals surface area (Å²) in [6, 6.07) is 9.98. The smallest absolute Gasteiger partial charge is 0.258 e. The Hall–Kier alpha value is -2.44. The van der Waals surface area contributed by atoms with Crippen molar-refractivity contribution >= 4 is 17.3 Å². The Morgan fingerprint density at radius 2 is 2.12 bits per heavy atom. The number of nitrogens with zero attached hydrogens (tertiary/aromatic N) is 1. The average molecular weight is 358 g/mol. The van der Waals surface area contributed by atoms with Gasteiger partial charge in [0.1, 0.15) is 5.82 Å². The maximum absolute atomic E-state index is 14.0. The third-order valence-electron chi connectivity index (χ3n) is 4.51. The lowest BCUT2D eigenvalue weighted by Gasteiger charge is -2.30. The van der Waals surface area contributed by atoms with Gasteiger partial charge in [-0.25, -0.2) is 4.39 Å². The Balaban J connectivity index is 1.82. The van der Waals surface area contributed by atoms with Crippen molar-refractivity contribution in [1.82, 2.24) is 0 Å². The van der Waals surface area contributed by atoms with Crippen molar-refractivity contribution in [3.05, 3.63) is 58.9 Å². The van der Waals surface area contributed by atoms with E-state index in [1.807, 2.05) is 18.2 Å². The minimum Gasteiger partial charge on any atom is -0.398 e. The number of amides is 1. The number of halogens is 1. The van der Waals surface area contributed by atoms with Crippen molar-refractivity contribution in [3.63, 3.8) is 0 Å². The van der Waals surface area contributed by atoms with Gasteiger partial charge in [-0.1, -0.05) is 6.07 Å². The summed E-state index contributed by atoms with van der Waals surface area (Å²) in [6.45, 7) is 1.52. The number of carbonyl (C=O) groups excluding carboxylic acids is 1. The molecular formula is C20H23FN2O3. The Kier molecular flexibility index (Phi) is 5.85. The van der Waals surface area contributed by atoms with Gasteiger partial charge in [0.2, 0.25) is 0 Å². The zero-order valence-corrected chi connectivity index (χ0v) is 14.8. The Labute approximate surface area is 152 Å². The minimum absolute atomic E-state index is 0.0971. The first-order valence-electron chi connectivity index (χ1n) is 8.66. The summed E-state index contributed by atoms with van der Waals surface area (Å²) in [5, 5.41) is 0. The number of ether oxygens (including phenoxy) is 2. The molecule has 0 aromatic heterocycles. The van der Waals surface area contributed by atoms with E-state index >= 15 is 0 Å². The molecule has 2 aromatic carbocycles. The first kappa shape index (κ1) is 18.4. The van der Waals surface area contributed by atoms with Gasteiger partial charge in [-0.2, -0.15) is 0 Å². The first-order chi connectivity index (χ1) is 12.6.